The molecule has 1 aliphatic heterocycles. The number of para-hydroxylation sites is 2. The van der Waals surface area contributed by atoms with E-state index in [-0.39, 0.29) is 24.6 Å². The summed E-state index contributed by atoms with van der Waals surface area (Å²) in [5.74, 6) is -1.82. The van der Waals surface area contributed by atoms with Gasteiger partial charge in [-0.15, -0.1) is 0 Å². The summed E-state index contributed by atoms with van der Waals surface area (Å²) in [4.78, 5) is 36.2. The SMILES string of the molecule is COc1ccccc1N1CC(C(=O)Nc2ccc(F)c([N+](=O)[O-])c2)CC1=O. The van der Waals surface area contributed by atoms with Crippen LogP contribution in [0.1, 0.15) is 6.42 Å². The van der Waals surface area contributed by atoms with Crippen LogP contribution in [0.3, 0.4) is 0 Å². The maximum absolute atomic E-state index is 13.4. The van der Waals surface area contributed by atoms with Crippen molar-refractivity contribution in [1.82, 2.24) is 0 Å². The minimum absolute atomic E-state index is 0.00678. The predicted molar refractivity (Wildman–Crippen MR) is 95.1 cm³/mol. The van der Waals surface area contributed by atoms with E-state index in [0.29, 0.717) is 11.4 Å². The summed E-state index contributed by atoms with van der Waals surface area (Å²) in [6.07, 6.45) is -0.00678. The van der Waals surface area contributed by atoms with Gasteiger partial charge in [-0.1, -0.05) is 12.1 Å². The Kier molecular flexibility index (Phi) is 5.02. The zero-order valence-electron chi connectivity index (χ0n) is 14.3. The van der Waals surface area contributed by atoms with E-state index in [1.807, 2.05) is 0 Å². The summed E-state index contributed by atoms with van der Waals surface area (Å²) >= 11 is 0. The molecule has 27 heavy (non-hydrogen) atoms. The Morgan fingerprint density at radius 3 is 2.78 bits per heavy atom. The molecule has 140 valence electrons. The van der Waals surface area contributed by atoms with Gasteiger partial charge in [-0.25, -0.2) is 0 Å². The molecule has 9 heteroatoms. The molecule has 2 aromatic carbocycles. The average molecular weight is 373 g/mol. The van der Waals surface area contributed by atoms with E-state index < -0.39 is 28.3 Å². The van der Waals surface area contributed by atoms with Gasteiger partial charge in [0.1, 0.15) is 5.75 Å². The fraction of sp³-hybridized carbons (Fsp3) is 0.222. The number of amides is 2. The maximum Gasteiger partial charge on any atom is 0.306 e. The van der Waals surface area contributed by atoms with Crippen molar-refractivity contribution in [3.05, 3.63) is 58.4 Å². The molecular weight excluding hydrogens is 357 g/mol. The fourth-order valence-corrected chi connectivity index (χ4v) is 2.94. The van der Waals surface area contributed by atoms with Crippen molar-refractivity contribution in [2.24, 2.45) is 5.92 Å². The molecule has 1 aliphatic rings. The topological polar surface area (TPSA) is 102 Å². The highest BCUT2D eigenvalue weighted by molar-refractivity contribution is 6.04. The van der Waals surface area contributed by atoms with Crippen LogP contribution in [0, 0.1) is 21.8 Å². The lowest BCUT2D eigenvalue weighted by molar-refractivity contribution is -0.387. The van der Waals surface area contributed by atoms with E-state index >= 15 is 0 Å². The standard InChI is InChI=1S/C18H16FN3O5/c1-27-16-5-3-2-4-14(16)21-10-11(8-17(21)23)18(24)20-12-6-7-13(19)15(9-12)22(25)26/h2-7,9,11H,8,10H2,1H3,(H,20,24). The Labute approximate surface area is 153 Å². The predicted octanol–water partition coefficient (Wildman–Crippen LogP) is 2.73. The third-order valence-corrected chi connectivity index (χ3v) is 4.28. The molecule has 1 N–H and O–H groups in total. The van der Waals surface area contributed by atoms with E-state index in [1.54, 1.807) is 24.3 Å². The van der Waals surface area contributed by atoms with Crippen LogP contribution in [0.2, 0.25) is 0 Å². The molecule has 0 bridgehead atoms. The van der Waals surface area contributed by atoms with Gasteiger partial charge in [0, 0.05) is 24.7 Å². The van der Waals surface area contributed by atoms with Crippen LogP contribution in [0.5, 0.6) is 5.75 Å². The van der Waals surface area contributed by atoms with Gasteiger partial charge in [0.15, 0.2) is 0 Å². The molecule has 1 unspecified atom stereocenters. The minimum Gasteiger partial charge on any atom is -0.495 e. The number of nitrogens with zero attached hydrogens (tertiary/aromatic N) is 2. The lowest BCUT2D eigenvalue weighted by Gasteiger charge is -2.19. The number of nitro benzene ring substituents is 1. The first kappa shape index (κ1) is 18.3. The highest BCUT2D eigenvalue weighted by Gasteiger charge is 2.36. The van der Waals surface area contributed by atoms with Crippen LogP contribution in [0.4, 0.5) is 21.5 Å². The van der Waals surface area contributed by atoms with E-state index in [0.717, 1.165) is 12.1 Å². The number of carbonyl (C=O) groups excluding carboxylic acids is 2. The summed E-state index contributed by atoms with van der Waals surface area (Å²) in [6.45, 7) is 0.147. The molecule has 1 heterocycles. The molecule has 3 rings (SSSR count). The van der Waals surface area contributed by atoms with Crippen molar-refractivity contribution < 1.29 is 23.6 Å². The van der Waals surface area contributed by atoms with Gasteiger partial charge in [0.25, 0.3) is 0 Å². The molecule has 0 radical (unpaired) electrons. The monoisotopic (exact) mass is 373 g/mol. The first-order valence-corrected chi connectivity index (χ1v) is 8.09. The Bertz CT molecular complexity index is 918. The summed E-state index contributed by atoms with van der Waals surface area (Å²) in [5.41, 5.74) is -0.0695. The molecule has 0 aromatic heterocycles. The number of nitrogens with one attached hydrogen (secondary N) is 1. The van der Waals surface area contributed by atoms with Gasteiger partial charge in [0.05, 0.1) is 23.6 Å². The molecule has 8 nitrogen and oxygen atoms in total. The molecule has 1 saturated heterocycles. The number of ether oxygens (including phenoxy) is 1. The van der Waals surface area contributed by atoms with Crippen LogP contribution in [0.15, 0.2) is 42.5 Å². The number of methoxy groups -OCH3 is 1. The number of carbonyl (C=O) groups is 2. The quantitative estimate of drug-likeness (QED) is 0.641. The number of halogens is 1. The van der Waals surface area contributed by atoms with E-state index in [1.165, 1.54) is 18.1 Å². The van der Waals surface area contributed by atoms with Crippen molar-refractivity contribution in [3.8, 4) is 5.75 Å². The van der Waals surface area contributed by atoms with Gasteiger partial charge < -0.3 is 15.0 Å². The number of hydrogen-bond donors (Lipinski definition) is 1. The van der Waals surface area contributed by atoms with Crippen LogP contribution >= 0.6 is 0 Å². The second-order valence-electron chi connectivity index (χ2n) is 5.99. The summed E-state index contributed by atoms with van der Waals surface area (Å²) < 4.78 is 18.7. The summed E-state index contributed by atoms with van der Waals surface area (Å²) in [7, 11) is 1.49. The van der Waals surface area contributed by atoms with E-state index in [4.69, 9.17) is 4.74 Å². The fourth-order valence-electron chi connectivity index (χ4n) is 2.94. The van der Waals surface area contributed by atoms with Gasteiger partial charge in [-0.3, -0.25) is 19.7 Å². The van der Waals surface area contributed by atoms with Crippen LogP contribution in [-0.2, 0) is 9.59 Å². The van der Waals surface area contributed by atoms with Gasteiger partial charge in [-0.2, -0.15) is 4.39 Å². The Hall–Kier alpha value is -3.49. The molecule has 1 atom stereocenters. The van der Waals surface area contributed by atoms with Crippen LogP contribution < -0.4 is 15.0 Å². The minimum atomic E-state index is -0.989. The van der Waals surface area contributed by atoms with Crippen LogP contribution in [0.25, 0.3) is 0 Å². The lowest BCUT2D eigenvalue weighted by Crippen LogP contribution is -2.28. The van der Waals surface area contributed by atoms with E-state index in [2.05, 4.69) is 5.32 Å². The second kappa shape index (κ2) is 7.40. The molecule has 2 aromatic rings. The van der Waals surface area contributed by atoms with Crippen molar-refractivity contribution in [2.45, 2.75) is 6.42 Å². The van der Waals surface area contributed by atoms with Crippen molar-refractivity contribution >= 4 is 28.9 Å². The van der Waals surface area contributed by atoms with Gasteiger partial charge in [0.2, 0.25) is 17.6 Å². The lowest BCUT2D eigenvalue weighted by atomic mass is 10.1. The Morgan fingerprint density at radius 1 is 1.33 bits per heavy atom. The summed E-state index contributed by atoms with van der Waals surface area (Å²) in [5, 5.41) is 13.3. The molecule has 0 aliphatic carbocycles. The number of rotatable bonds is 5. The zero-order chi connectivity index (χ0) is 19.6. The van der Waals surface area contributed by atoms with Crippen LogP contribution in [-0.4, -0.2) is 30.4 Å². The number of anilines is 2. The smallest absolute Gasteiger partial charge is 0.306 e. The molecule has 0 spiro atoms. The second-order valence-corrected chi connectivity index (χ2v) is 5.99. The van der Waals surface area contributed by atoms with Crippen molar-refractivity contribution in [3.63, 3.8) is 0 Å². The molecule has 2 amide bonds. The van der Waals surface area contributed by atoms with E-state index in [9.17, 15) is 24.1 Å². The maximum atomic E-state index is 13.4. The highest BCUT2D eigenvalue weighted by Crippen LogP contribution is 2.33. The third kappa shape index (κ3) is 3.71. The van der Waals surface area contributed by atoms with Crippen molar-refractivity contribution in [1.29, 1.82) is 0 Å². The number of hydrogen-bond acceptors (Lipinski definition) is 5. The Balaban J connectivity index is 1.75. The number of benzene rings is 2. The first-order valence-electron chi connectivity index (χ1n) is 8.09. The van der Waals surface area contributed by atoms with Crippen molar-refractivity contribution in [2.75, 3.05) is 23.9 Å². The number of nitro groups is 1. The first-order chi connectivity index (χ1) is 12.9. The average Bonchev–Trinajstić information content (AvgIpc) is 3.04. The molecular formula is C18H16FN3O5. The zero-order valence-corrected chi connectivity index (χ0v) is 14.3. The Morgan fingerprint density at radius 2 is 2.07 bits per heavy atom. The highest BCUT2D eigenvalue weighted by atomic mass is 19.1. The molecule has 1 fully saturated rings. The van der Waals surface area contributed by atoms with Gasteiger partial charge in [-0.05, 0) is 24.3 Å². The largest absolute Gasteiger partial charge is 0.495 e. The van der Waals surface area contributed by atoms with Gasteiger partial charge >= 0.3 is 5.69 Å². The summed E-state index contributed by atoms with van der Waals surface area (Å²) in [6, 6.07) is 10.1. The third-order valence-electron chi connectivity index (χ3n) is 4.28. The molecule has 0 saturated carbocycles. The normalized spacial score (nSPS) is 16.3.